The lowest BCUT2D eigenvalue weighted by molar-refractivity contribution is -0.123. The van der Waals surface area contributed by atoms with E-state index in [0.717, 1.165) is 49.8 Å². The summed E-state index contributed by atoms with van der Waals surface area (Å²) in [5, 5.41) is 12.8. The van der Waals surface area contributed by atoms with Gasteiger partial charge in [0.2, 0.25) is 5.91 Å². The number of fused-ring (bicyclic) bond motifs is 1. The summed E-state index contributed by atoms with van der Waals surface area (Å²) in [6.07, 6.45) is 8.30. The minimum absolute atomic E-state index is 0.00640. The fourth-order valence-electron chi connectivity index (χ4n) is 5.58. The smallest absolute Gasteiger partial charge is 0.333 e. The molecule has 0 aromatic carbocycles. The average molecular weight is 521 g/mol. The highest BCUT2D eigenvalue weighted by molar-refractivity contribution is 7.99. The van der Waals surface area contributed by atoms with Gasteiger partial charge in [0.1, 0.15) is 11.5 Å². The Labute approximate surface area is 214 Å². The van der Waals surface area contributed by atoms with Gasteiger partial charge in [-0.3, -0.25) is 18.7 Å². The number of halogens is 1. The van der Waals surface area contributed by atoms with Crippen LogP contribution in [0.15, 0.2) is 21.9 Å². The lowest BCUT2D eigenvalue weighted by Crippen LogP contribution is -2.46. The summed E-state index contributed by atoms with van der Waals surface area (Å²) < 4.78 is 17.0. The van der Waals surface area contributed by atoms with Gasteiger partial charge in [-0.05, 0) is 68.4 Å². The molecule has 2 fully saturated rings. The van der Waals surface area contributed by atoms with E-state index in [0.29, 0.717) is 32.1 Å². The van der Waals surface area contributed by atoms with Crippen LogP contribution in [0.3, 0.4) is 0 Å². The van der Waals surface area contributed by atoms with E-state index in [1.165, 1.54) is 10.6 Å². The summed E-state index contributed by atoms with van der Waals surface area (Å²) in [6, 6.07) is 0.808. The molecular weight excluding hydrogens is 483 g/mol. The fourth-order valence-corrected chi connectivity index (χ4v) is 6.66. The van der Waals surface area contributed by atoms with E-state index in [1.54, 1.807) is 4.57 Å². The van der Waals surface area contributed by atoms with Crippen molar-refractivity contribution in [3.8, 4) is 0 Å². The summed E-state index contributed by atoms with van der Waals surface area (Å²) in [4.78, 5) is 43.7. The van der Waals surface area contributed by atoms with Crippen molar-refractivity contribution in [2.75, 3.05) is 18.1 Å². The third-order valence-electron chi connectivity index (χ3n) is 7.60. The number of nitrogens with one attached hydrogen (secondary N) is 1. The molecule has 8 nitrogen and oxygen atoms in total. The molecule has 2 aliphatic rings. The molecule has 0 radical (unpaired) electrons. The van der Waals surface area contributed by atoms with Gasteiger partial charge in [0.25, 0.3) is 5.56 Å². The van der Waals surface area contributed by atoms with Crippen LogP contribution in [-0.4, -0.2) is 49.3 Å². The second-order valence-corrected chi connectivity index (χ2v) is 11.4. The van der Waals surface area contributed by atoms with Crippen LogP contribution in [0.25, 0.3) is 11.0 Å². The molecule has 36 heavy (non-hydrogen) atoms. The molecule has 1 aliphatic heterocycles. The zero-order valence-electron chi connectivity index (χ0n) is 21.0. The third kappa shape index (κ3) is 6.02. The van der Waals surface area contributed by atoms with Crippen LogP contribution in [0.4, 0.5) is 4.39 Å². The first-order valence-electron chi connectivity index (χ1n) is 13.2. The summed E-state index contributed by atoms with van der Waals surface area (Å²) in [6.45, 7) is 2.09. The summed E-state index contributed by atoms with van der Waals surface area (Å²) in [7, 11) is 0. The molecular formula is C26H37FN4O4S. The van der Waals surface area contributed by atoms with Crippen LogP contribution >= 0.6 is 11.8 Å². The van der Waals surface area contributed by atoms with Gasteiger partial charge in [0.05, 0.1) is 11.6 Å². The summed E-state index contributed by atoms with van der Waals surface area (Å²) in [5.41, 5.74) is -0.586. The number of amides is 1. The van der Waals surface area contributed by atoms with Crippen molar-refractivity contribution >= 4 is 28.7 Å². The second kappa shape index (κ2) is 12.4. The molecule has 0 bridgehead atoms. The van der Waals surface area contributed by atoms with Crippen molar-refractivity contribution in [1.29, 1.82) is 0 Å². The van der Waals surface area contributed by atoms with Gasteiger partial charge in [-0.15, -0.1) is 0 Å². The molecule has 2 N–H and O–H groups in total. The van der Waals surface area contributed by atoms with Crippen molar-refractivity contribution in [2.45, 2.75) is 89.3 Å². The van der Waals surface area contributed by atoms with E-state index in [-0.39, 0.29) is 53.3 Å². The second-order valence-electron chi connectivity index (χ2n) is 10.2. The Bertz CT molecular complexity index is 1170. The van der Waals surface area contributed by atoms with Gasteiger partial charge in [-0.1, -0.05) is 19.8 Å². The molecule has 0 spiro atoms. The maximum Gasteiger partial charge on any atom is 0.333 e. The van der Waals surface area contributed by atoms with Crippen LogP contribution < -0.4 is 16.6 Å². The van der Waals surface area contributed by atoms with Gasteiger partial charge in [-0.25, -0.2) is 14.2 Å². The van der Waals surface area contributed by atoms with Crippen LogP contribution in [0, 0.1) is 11.7 Å². The summed E-state index contributed by atoms with van der Waals surface area (Å²) >= 11 is 1.84. The van der Waals surface area contributed by atoms with Gasteiger partial charge in [0.15, 0.2) is 0 Å². The number of nitrogens with zero attached hydrogens (tertiary/aromatic N) is 3. The van der Waals surface area contributed by atoms with E-state index < -0.39 is 11.4 Å². The molecule has 3 heterocycles. The monoisotopic (exact) mass is 520 g/mol. The maximum absolute atomic E-state index is 14.1. The number of pyridine rings is 1. The van der Waals surface area contributed by atoms with E-state index in [2.05, 4.69) is 17.2 Å². The maximum atomic E-state index is 14.1. The number of aliphatic hydroxyl groups is 1. The van der Waals surface area contributed by atoms with Crippen molar-refractivity contribution in [1.82, 2.24) is 19.4 Å². The number of aliphatic hydroxyl groups excluding tert-OH is 1. The quantitative estimate of drug-likeness (QED) is 0.524. The Morgan fingerprint density at radius 2 is 1.86 bits per heavy atom. The Kier molecular flexibility index (Phi) is 9.22. The van der Waals surface area contributed by atoms with Crippen LogP contribution in [0.1, 0.15) is 83.2 Å². The number of aromatic nitrogens is 3. The van der Waals surface area contributed by atoms with Crippen molar-refractivity contribution in [3.63, 3.8) is 0 Å². The highest BCUT2D eigenvalue weighted by Crippen LogP contribution is 2.30. The lowest BCUT2D eigenvalue weighted by atomic mass is 9.90. The number of carbonyl (C=O) groups is 1. The number of hydrogen-bond donors (Lipinski definition) is 2. The Hall–Kier alpha value is -2.20. The molecule has 1 atom stereocenters. The number of rotatable bonds is 9. The topological polar surface area (TPSA) is 106 Å². The van der Waals surface area contributed by atoms with Crippen LogP contribution in [0.2, 0.25) is 0 Å². The molecule has 198 valence electrons. The minimum atomic E-state index is -0.595. The molecule has 4 rings (SSSR count). The summed E-state index contributed by atoms with van der Waals surface area (Å²) in [5.74, 6) is 1.18. The number of carbonyl (C=O) groups excluding carboxylic acids is 1. The molecule has 2 aromatic rings. The van der Waals surface area contributed by atoms with Crippen LogP contribution in [-0.2, 0) is 4.79 Å². The zero-order chi connectivity index (χ0) is 25.7. The van der Waals surface area contributed by atoms with E-state index in [4.69, 9.17) is 0 Å². The van der Waals surface area contributed by atoms with Gasteiger partial charge in [0, 0.05) is 31.2 Å². The van der Waals surface area contributed by atoms with Crippen molar-refractivity contribution in [3.05, 3.63) is 38.9 Å². The SMILES string of the molecule is CCCCC(CO)CC(=O)NC1CCC(n2c(=O)c3cc(F)cnc3n(C3CCSCC3)c2=O)CC1. The van der Waals surface area contributed by atoms with E-state index in [1.807, 2.05) is 11.8 Å². The molecule has 1 saturated carbocycles. The average Bonchev–Trinajstić information content (AvgIpc) is 2.88. The Balaban J connectivity index is 1.52. The number of hydrogen-bond acceptors (Lipinski definition) is 6. The highest BCUT2D eigenvalue weighted by Gasteiger charge is 2.30. The van der Waals surface area contributed by atoms with Gasteiger partial charge >= 0.3 is 5.69 Å². The van der Waals surface area contributed by atoms with Gasteiger partial charge < -0.3 is 10.4 Å². The zero-order valence-corrected chi connectivity index (χ0v) is 21.8. The van der Waals surface area contributed by atoms with E-state index in [9.17, 15) is 23.9 Å². The lowest BCUT2D eigenvalue weighted by Gasteiger charge is -2.32. The normalized spacial score (nSPS) is 22.0. The molecule has 1 aliphatic carbocycles. The predicted molar refractivity (Wildman–Crippen MR) is 140 cm³/mol. The predicted octanol–water partition coefficient (Wildman–Crippen LogP) is 3.55. The van der Waals surface area contributed by atoms with Crippen molar-refractivity contribution in [2.24, 2.45) is 5.92 Å². The van der Waals surface area contributed by atoms with Crippen LogP contribution in [0.5, 0.6) is 0 Å². The Morgan fingerprint density at radius 1 is 1.17 bits per heavy atom. The third-order valence-corrected chi connectivity index (χ3v) is 8.65. The molecule has 1 amide bonds. The van der Waals surface area contributed by atoms with E-state index >= 15 is 0 Å². The standard InChI is InChI=1S/C26H37FN4O4S/c1-2-3-4-17(16-32)13-23(33)29-19-5-7-20(8-6-19)31-25(34)22-14-18(27)15-28-24(22)30(26(31)35)21-9-11-36-12-10-21/h14-15,17,19-21,32H,2-13,16H2,1H3,(H,29,33). The molecule has 2 aromatic heterocycles. The number of thioether (sulfide) groups is 1. The number of unbranched alkanes of at least 4 members (excludes halogenated alkanes) is 1. The highest BCUT2D eigenvalue weighted by atomic mass is 32.2. The molecule has 1 saturated heterocycles. The minimum Gasteiger partial charge on any atom is -0.396 e. The molecule has 10 heteroatoms. The first kappa shape index (κ1) is 26.9. The fraction of sp³-hybridized carbons (Fsp3) is 0.692. The molecule has 1 unspecified atom stereocenters. The van der Waals surface area contributed by atoms with Crippen molar-refractivity contribution < 1.29 is 14.3 Å². The first-order valence-corrected chi connectivity index (χ1v) is 14.4. The largest absolute Gasteiger partial charge is 0.396 e. The van der Waals surface area contributed by atoms with Gasteiger partial charge in [-0.2, -0.15) is 11.8 Å². The first-order chi connectivity index (χ1) is 17.4. The Morgan fingerprint density at radius 3 is 2.53 bits per heavy atom.